The van der Waals surface area contributed by atoms with Gasteiger partial charge in [0.1, 0.15) is 11.4 Å². The van der Waals surface area contributed by atoms with Gasteiger partial charge in [-0.2, -0.15) is 0 Å². The molecule has 1 heterocycles. The largest absolute Gasteiger partial charge is 0.488 e. The van der Waals surface area contributed by atoms with Crippen LogP contribution in [0.1, 0.15) is 61.2 Å². The lowest BCUT2D eigenvalue weighted by Gasteiger charge is -2.42. The summed E-state index contributed by atoms with van der Waals surface area (Å²) < 4.78 is 6.27. The van der Waals surface area contributed by atoms with E-state index in [1.165, 1.54) is 16.3 Å². The molecule has 29 heavy (non-hydrogen) atoms. The zero-order valence-electron chi connectivity index (χ0n) is 18.6. The third kappa shape index (κ3) is 4.64. The van der Waals surface area contributed by atoms with Crippen molar-refractivity contribution in [3.63, 3.8) is 0 Å². The highest BCUT2D eigenvalue weighted by atomic mass is 28.3. The van der Waals surface area contributed by atoms with Gasteiger partial charge in [-0.15, -0.1) is 0 Å². The molecule has 154 valence electrons. The fourth-order valence-electron chi connectivity index (χ4n) is 4.43. The third-order valence-electron chi connectivity index (χ3n) is 5.55. The molecule has 0 saturated heterocycles. The summed E-state index contributed by atoms with van der Waals surface area (Å²) >= 11 is 0. The molecule has 0 bridgehead atoms. The summed E-state index contributed by atoms with van der Waals surface area (Å²) in [4.78, 5) is 11.1. The average molecular weight is 409 g/mol. The highest BCUT2D eigenvalue weighted by Gasteiger charge is 2.39. The topological polar surface area (TPSA) is 46.5 Å². The summed E-state index contributed by atoms with van der Waals surface area (Å²) in [5.41, 5.74) is 3.72. The van der Waals surface area contributed by atoms with Gasteiger partial charge in [-0.05, 0) is 61.1 Å². The second kappa shape index (κ2) is 7.17. The van der Waals surface area contributed by atoms with Crippen molar-refractivity contribution in [3.05, 3.63) is 64.7 Å². The molecule has 2 aromatic rings. The maximum atomic E-state index is 11.1. The summed E-state index contributed by atoms with van der Waals surface area (Å²) in [6.45, 7) is 15.9. The fraction of sp³-hybridized carbons (Fsp3) is 0.400. The predicted molar refractivity (Wildman–Crippen MR) is 123 cm³/mol. The fourth-order valence-corrected chi connectivity index (χ4v) is 6.05. The van der Waals surface area contributed by atoms with Crippen LogP contribution in [0.15, 0.2) is 42.5 Å². The molecule has 0 fully saturated rings. The van der Waals surface area contributed by atoms with Gasteiger partial charge in [0.15, 0.2) is 0 Å². The highest BCUT2D eigenvalue weighted by molar-refractivity contribution is 6.94. The van der Waals surface area contributed by atoms with E-state index in [0.29, 0.717) is 5.56 Å². The summed E-state index contributed by atoms with van der Waals surface area (Å²) in [5.74, 6) is 0.0847. The van der Waals surface area contributed by atoms with Gasteiger partial charge in [0, 0.05) is 5.56 Å². The van der Waals surface area contributed by atoms with Crippen LogP contribution in [0.2, 0.25) is 19.6 Å². The van der Waals surface area contributed by atoms with Crippen LogP contribution in [0.3, 0.4) is 0 Å². The minimum absolute atomic E-state index is 0.0424. The minimum atomic E-state index is -1.66. The second-order valence-electron chi connectivity index (χ2n) is 10.4. The molecule has 1 aliphatic heterocycles. The first-order valence-electron chi connectivity index (χ1n) is 10.2. The first-order valence-corrected chi connectivity index (χ1v) is 13.7. The van der Waals surface area contributed by atoms with Gasteiger partial charge in [-0.3, -0.25) is 0 Å². The van der Waals surface area contributed by atoms with E-state index < -0.39 is 14.0 Å². The highest BCUT2D eigenvalue weighted by Crippen LogP contribution is 2.46. The molecule has 0 radical (unpaired) electrons. The number of benzene rings is 2. The molecule has 0 saturated carbocycles. The molecule has 0 aromatic heterocycles. The number of carboxylic acid groups (broad SMARTS) is 1. The van der Waals surface area contributed by atoms with Crippen LogP contribution in [0.25, 0.3) is 11.3 Å². The molecular formula is C25H32O3Si. The van der Waals surface area contributed by atoms with Crippen LogP contribution in [0.5, 0.6) is 5.75 Å². The first kappa shape index (κ1) is 21.4. The van der Waals surface area contributed by atoms with Crippen molar-refractivity contribution >= 4 is 25.3 Å². The van der Waals surface area contributed by atoms with Crippen LogP contribution < -0.4 is 4.74 Å². The number of carbonyl (C=O) groups is 1. The molecule has 3 rings (SSSR count). The van der Waals surface area contributed by atoms with Gasteiger partial charge in [0.25, 0.3) is 0 Å². The van der Waals surface area contributed by atoms with Crippen molar-refractivity contribution in [1.82, 2.24) is 0 Å². The van der Waals surface area contributed by atoms with E-state index >= 15 is 0 Å². The standard InChI is InChI=1S/C25H32O3Si/c1-24(2)16-25(3,4)28-21-13-12-19(15-20(21)24)22(29(5,6)7)14-17-8-10-18(11-9-17)23(26)27/h8-15H,16H2,1-7H3,(H,26,27)/b22-14-. The van der Waals surface area contributed by atoms with E-state index in [0.717, 1.165) is 17.7 Å². The zero-order valence-corrected chi connectivity index (χ0v) is 19.6. The Bertz CT molecular complexity index is 961. The average Bonchev–Trinajstić information content (AvgIpc) is 2.57. The minimum Gasteiger partial charge on any atom is -0.488 e. The number of hydrogen-bond donors (Lipinski definition) is 1. The molecule has 1 aliphatic rings. The van der Waals surface area contributed by atoms with E-state index in [2.05, 4.69) is 71.6 Å². The number of aromatic carboxylic acids is 1. The lowest BCUT2D eigenvalue weighted by atomic mass is 9.73. The van der Waals surface area contributed by atoms with Crippen LogP contribution in [-0.4, -0.2) is 24.8 Å². The summed E-state index contributed by atoms with van der Waals surface area (Å²) in [5, 5.41) is 10.5. The molecule has 0 amide bonds. The van der Waals surface area contributed by atoms with Gasteiger partial charge in [0.2, 0.25) is 0 Å². The molecule has 1 N–H and O–H groups in total. The van der Waals surface area contributed by atoms with Crippen LogP contribution >= 0.6 is 0 Å². The van der Waals surface area contributed by atoms with E-state index in [4.69, 9.17) is 9.84 Å². The number of rotatable bonds is 4. The Morgan fingerprint density at radius 1 is 1.00 bits per heavy atom. The van der Waals surface area contributed by atoms with E-state index in [1.807, 2.05) is 12.1 Å². The van der Waals surface area contributed by atoms with Crippen LogP contribution in [-0.2, 0) is 5.41 Å². The Morgan fingerprint density at radius 2 is 1.59 bits per heavy atom. The van der Waals surface area contributed by atoms with Gasteiger partial charge in [-0.25, -0.2) is 4.79 Å². The van der Waals surface area contributed by atoms with Crippen LogP contribution in [0, 0.1) is 0 Å². The summed E-state index contributed by atoms with van der Waals surface area (Å²) in [7, 11) is -1.66. The van der Waals surface area contributed by atoms with E-state index in [1.54, 1.807) is 12.1 Å². The first-order chi connectivity index (χ1) is 13.3. The maximum absolute atomic E-state index is 11.1. The number of fused-ring (bicyclic) bond motifs is 1. The number of carboxylic acids is 1. The molecule has 3 nitrogen and oxygen atoms in total. The number of hydrogen-bond acceptors (Lipinski definition) is 2. The predicted octanol–water partition coefficient (Wildman–Crippen LogP) is 6.64. The molecule has 0 atom stereocenters. The Kier molecular flexibility index (Phi) is 5.29. The Balaban J connectivity index is 2.08. The molecular weight excluding hydrogens is 376 g/mol. The summed E-state index contributed by atoms with van der Waals surface area (Å²) in [6.07, 6.45) is 3.19. The second-order valence-corrected chi connectivity index (χ2v) is 15.4. The third-order valence-corrected chi connectivity index (χ3v) is 7.60. The lowest BCUT2D eigenvalue weighted by molar-refractivity contribution is 0.0534. The van der Waals surface area contributed by atoms with Gasteiger partial charge < -0.3 is 9.84 Å². The van der Waals surface area contributed by atoms with Crippen molar-refractivity contribution in [3.8, 4) is 5.75 Å². The monoisotopic (exact) mass is 408 g/mol. The van der Waals surface area contributed by atoms with Gasteiger partial charge in [-0.1, -0.05) is 63.0 Å². The quantitative estimate of drug-likeness (QED) is 0.455. The lowest BCUT2D eigenvalue weighted by Crippen LogP contribution is -2.41. The Labute approximate surface area is 175 Å². The van der Waals surface area contributed by atoms with E-state index in [9.17, 15) is 4.79 Å². The van der Waals surface area contributed by atoms with Crippen molar-refractivity contribution in [2.24, 2.45) is 0 Å². The number of ether oxygens (including phenoxy) is 1. The molecule has 0 spiro atoms. The maximum Gasteiger partial charge on any atom is 0.335 e. The van der Waals surface area contributed by atoms with Crippen molar-refractivity contribution < 1.29 is 14.6 Å². The molecule has 0 aliphatic carbocycles. The molecule has 2 aromatic carbocycles. The van der Waals surface area contributed by atoms with Crippen molar-refractivity contribution in [2.45, 2.75) is 64.8 Å². The van der Waals surface area contributed by atoms with Crippen molar-refractivity contribution in [1.29, 1.82) is 0 Å². The van der Waals surface area contributed by atoms with Gasteiger partial charge >= 0.3 is 5.97 Å². The van der Waals surface area contributed by atoms with Crippen LogP contribution in [0.4, 0.5) is 0 Å². The Morgan fingerprint density at radius 3 is 2.14 bits per heavy atom. The molecule has 0 unspecified atom stereocenters. The normalized spacial score (nSPS) is 18.0. The summed E-state index contributed by atoms with van der Waals surface area (Å²) in [6, 6.07) is 13.7. The SMILES string of the molecule is CC1(C)CC(C)(C)c2cc(/C(=C/c3ccc(C(=O)O)cc3)[Si](C)(C)C)ccc2O1. The van der Waals surface area contributed by atoms with E-state index in [-0.39, 0.29) is 11.0 Å². The zero-order chi connectivity index (χ0) is 21.6. The molecule has 4 heteroatoms. The Hall–Kier alpha value is -2.33. The van der Waals surface area contributed by atoms with Gasteiger partial charge in [0.05, 0.1) is 13.6 Å². The van der Waals surface area contributed by atoms with Crippen molar-refractivity contribution in [2.75, 3.05) is 0 Å². The smallest absolute Gasteiger partial charge is 0.335 e.